The normalized spacial score (nSPS) is 10.4. The molecule has 0 radical (unpaired) electrons. The molecule has 0 saturated carbocycles. The number of hydrogen-bond acceptors (Lipinski definition) is 4. The van der Waals surface area contributed by atoms with Crippen molar-refractivity contribution in [1.82, 2.24) is 9.97 Å². The number of halogens is 1. The highest BCUT2D eigenvalue weighted by Crippen LogP contribution is 2.30. The molecule has 0 unspecified atom stereocenters. The summed E-state index contributed by atoms with van der Waals surface area (Å²) in [6, 6.07) is 2.39. The number of imidazole rings is 1. The van der Waals surface area contributed by atoms with Gasteiger partial charge in [-0.1, -0.05) is 0 Å². The molecule has 0 fully saturated rings. The Balaban J connectivity index is 2.40. The number of aromatic amines is 1. The highest BCUT2D eigenvalue weighted by atomic mass is 32.2. The third-order valence-corrected chi connectivity index (χ3v) is 3.00. The number of carbonyl (C=O) groups excluding carboxylic acids is 1. The standard InChI is InChI=1S/C10H9FN4OS/c11-6-4-7(12)5(9(13)16)3-8(6)17-10-14-1-2-15-10/h1-4H,12H2,(H2,13,16)(H,14,15). The number of carbonyl (C=O) groups is 1. The van der Waals surface area contributed by atoms with Crippen LogP contribution in [0.5, 0.6) is 0 Å². The molecule has 0 bridgehead atoms. The Kier molecular flexibility index (Phi) is 3.01. The number of nitrogens with zero attached hydrogens (tertiary/aromatic N) is 1. The number of nitrogens with two attached hydrogens (primary N) is 2. The van der Waals surface area contributed by atoms with Crippen LogP contribution in [0.15, 0.2) is 34.6 Å². The van der Waals surface area contributed by atoms with Crippen molar-refractivity contribution in [2.24, 2.45) is 5.73 Å². The van der Waals surface area contributed by atoms with Crippen molar-refractivity contribution in [3.63, 3.8) is 0 Å². The minimum Gasteiger partial charge on any atom is -0.398 e. The van der Waals surface area contributed by atoms with Crippen LogP contribution in [0, 0.1) is 5.82 Å². The number of nitrogen functional groups attached to an aromatic ring is 1. The van der Waals surface area contributed by atoms with E-state index in [-0.39, 0.29) is 16.1 Å². The molecular formula is C10H9FN4OS. The Morgan fingerprint density at radius 1 is 1.47 bits per heavy atom. The van der Waals surface area contributed by atoms with E-state index in [1.165, 1.54) is 6.07 Å². The number of H-pyrrole nitrogens is 1. The molecular weight excluding hydrogens is 243 g/mol. The summed E-state index contributed by atoms with van der Waals surface area (Å²) in [5, 5.41) is 0.518. The van der Waals surface area contributed by atoms with Gasteiger partial charge in [-0.25, -0.2) is 9.37 Å². The molecule has 0 aliphatic rings. The summed E-state index contributed by atoms with van der Waals surface area (Å²) < 4.78 is 13.6. The van der Waals surface area contributed by atoms with E-state index in [4.69, 9.17) is 11.5 Å². The van der Waals surface area contributed by atoms with Gasteiger partial charge in [0.2, 0.25) is 0 Å². The highest BCUT2D eigenvalue weighted by molar-refractivity contribution is 7.99. The monoisotopic (exact) mass is 252 g/mol. The van der Waals surface area contributed by atoms with Crippen LogP contribution in [0.1, 0.15) is 10.4 Å². The van der Waals surface area contributed by atoms with Crippen LogP contribution < -0.4 is 11.5 Å². The molecule has 5 N–H and O–H groups in total. The van der Waals surface area contributed by atoms with Gasteiger partial charge in [0.15, 0.2) is 5.16 Å². The van der Waals surface area contributed by atoms with E-state index in [0.717, 1.165) is 17.8 Å². The molecule has 17 heavy (non-hydrogen) atoms. The van der Waals surface area contributed by atoms with Crippen LogP contribution >= 0.6 is 11.8 Å². The first-order valence-electron chi connectivity index (χ1n) is 4.64. The van der Waals surface area contributed by atoms with Crippen LogP contribution in [0.4, 0.5) is 10.1 Å². The van der Waals surface area contributed by atoms with Gasteiger partial charge >= 0.3 is 0 Å². The maximum Gasteiger partial charge on any atom is 0.250 e. The van der Waals surface area contributed by atoms with E-state index in [1.807, 2.05) is 0 Å². The Hall–Kier alpha value is -2.02. The zero-order chi connectivity index (χ0) is 12.4. The van der Waals surface area contributed by atoms with Crippen LogP contribution in [-0.4, -0.2) is 15.9 Å². The van der Waals surface area contributed by atoms with Crippen molar-refractivity contribution in [3.05, 3.63) is 35.9 Å². The smallest absolute Gasteiger partial charge is 0.250 e. The van der Waals surface area contributed by atoms with Gasteiger partial charge in [-0.3, -0.25) is 4.79 Å². The van der Waals surface area contributed by atoms with Gasteiger partial charge < -0.3 is 16.5 Å². The largest absolute Gasteiger partial charge is 0.398 e. The van der Waals surface area contributed by atoms with Crippen molar-refractivity contribution in [2.75, 3.05) is 5.73 Å². The zero-order valence-electron chi connectivity index (χ0n) is 8.61. The van der Waals surface area contributed by atoms with Gasteiger partial charge in [0, 0.05) is 18.1 Å². The molecule has 0 spiro atoms. The summed E-state index contributed by atoms with van der Waals surface area (Å²) >= 11 is 1.06. The molecule has 2 aromatic rings. The van der Waals surface area contributed by atoms with Gasteiger partial charge in [-0.05, 0) is 23.9 Å². The van der Waals surface area contributed by atoms with E-state index in [1.54, 1.807) is 12.4 Å². The average Bonchev–Trinajstić information content (AvgIpc) is 2.74. The first kappa shape index (κ1) is 11.5. The lowest BCUT2D eigenvalue weighted by Gasteiger charge is -2.06. The van der Waals surface area contributed by atoms with Crippen molar-refractivity contribution in [3.8, 4) is 0 Å². The van der Waals surface area contributed by atoms with Gasteiger partial charge in [-0.15, -0.1) is 0 Å². The predicted octanol–water partition coefficient (Wildman–Crippen LogP) is 1.38. The van der Waals surface area contributed by atoms with Crippen LogP contribution in [0.25, 0.3) is 0 Å². The summed E-state index contributed by atoms with van der Waals surface area (Å²) in [4.78, 5) is 18.1. The molecule has 88 valence electrons. The number of amides is 1. The van der Waals surface area contributed by atoms with Crippen LogP contribution in [0.2, 0.25) is 0 Å². The summed E-state index contributed by atoms with van der Waals surface area (Å²) in [7, 11) is 0. The second-order valence-electron chi connectivity index (χ2n) is 3.23. The Morgan fingerprint density at radius 2 is 2.24 bits per heavy atom. The zero-order valence-corrected chi connectivity index (χ0v) is 9.42. The molecule has 1 aromatic carbocycles. The van der Waals surface area contributed by atoms with Crippen LogP contribution in [0.3, 0.4) is 0 Å². The van der Waals surface area contributed by atoms with Crippen molar-refractivity contribution in [2.45, 2.75) is 10.1 Å². The molecule has 7 heteroatoms. The Labute approximate surface area is 100 Å². The van der Waals surface area contributed by atoms with E-state index in [9.17, 15) is 9.18 Å². The number of nitrogens with one attached hydrogen (secondary N) is 1. The van der Waals surface area contributed by atoms with E-state index in [2.05, 4.69) is 9.97 Å². The SMILES string of the molecule is NC(=O)c1cc(Sc2ncc[nH]2)c(F)cc1N. The van der Waals surface area contributed by atoms with Crippen molar-refractivity contribution in [1.29, 1.82) is 0 Å². The Morgan fingerprint density at radius 3 is 2.82 bits per heavy atom. The molecule has 1 aromatic heterocycles. The van der Waals surface area contributed by atoms with Gasteiger partial charge in [0.1, 0.15) is 5.82 Å². The minimum absolute atomic E-state index is 0.0267. The van der Waals surface area contributed by atoms with Gasteiger partial charge in [0.25, 0.3) is 5.91 Å². The fraction of sp³-hybridized carbons (Fsp3) is 0. The quantitative estimate of drug-likeness (QED) is 0.719. The summed E-state index contributed by atoms with van der Waals surface area (Å²) in [6.07, 6.45) is 3.17. The third kappa shape index (κ3) is 2.39. The van der Waals surface area contributed by atoms with E-state index >= 15 is 0 Å². The molecule has 0 aliphatic carbocycles. The first-order chi connectivity index (χ1) is 8.08. The molecule has 2 rings (SSSR count). The fourth-order valence-corrected chi connectivity index (χ4v) is 2.05. The predicted molar refractivity (Wildman–Crippen MR) is 62.0 cm³/mol. The lowest BCUT2D eigenvalue weighted by Crippen LogP contribution is -2.14. The first-order valence-corrected chi connectivity index (χ1v) is 5.45. The third-order valence-electron chi connectivity index (χ3n) is 2.05. The van der Waals surface area contributed by atoms with E-state index < -0.39 is 11.7 Å². The topological polar surface area (TPSA) is 97.8 Å². The molecule has 0 aliphatic heterocycles. The molecule has 1 heterocycles. The molecule has 0 saturated heterocycles. The minimum atomic E-state index is -0.691. The maximum absolute atomic E-state index is 13.6. The lowest BCUT2D eigenvalue weighted by atomic mass is 10.1. The summed E-state index contributed by atoms with van der Waals surface area (Å²) in [6.45, 7) is 0. The molecule has 1 amide bonds. The lowest BCUT2D eigenvalue weighted by molar-refractivity contribution is 0.100. The van der Waals surface area contributed by atoms with Gasteiger partial charge in [-0.2, -0.15) is 0 Å². The highest BCUT2D eigenvalue weighted by Gasteiger charge is 2.13. The number of hydrogen-bond donors (Lipinski definition) is 3. The summed E-state index contributed by atoms with van der Waals surface area (Å²) in [5.41, 5.74) is 10.7. The van der Waals surface area contributed by atoms with Crippen molar-refractivity contribution < 1.29 is 9.18 Å². The average molecular weight is 252 g/mol. The fourth-order valence-electron chi connectivity index (χ4n) is 1.27. The number of primary amides is 1. The number of benzene rings is 1. The second-order valence-corrected chi connectivity index (χ2v) is 4.26. The number of anilines is 1. The van der Waals surface area contributed by atoms with Gasteiger partial charge in [0.05, 0.1) is 10.5 Å². The second kappa shape index (κ2) is 4.46. The van der Waals surface area contributed by atoms with Crippen LogP contribution in [-0.2, 0) is 0 Å². The van der Waals surface area contributed by atoms with E-state index in [0.29, 0.717) is 5.16 Å². The molecule has 5 nitrogen and oxygen atoms in total. The molecule has 0 atom stereocenters. The number of aromatic nitrogens is 2. The number of rotatable bonds is 3. The summed E-state index contributed by atoms with van der Waals surface area (Å²) in [5.74, 6) is -1.21. The van der Waals surface area contributed by atoms with Crippen molar-refractivity contribution >= 4 is 23.4 Å². The Bertz CT molecular complexity index is 556. The maximum atomic E-state index is 13.6.